The lowest BCUT2D eigenvalue weighted by Crippen LogP contribution is -2.14. The first-order chi connectivity index (χ1) is 14.6. The molecular formula is C23H21N5O2. The number of nitrogens with zero attached hydrogens (tertiary/aromatic N) is 3. The van der Waals surface area contributed by atoms with E-state index in [0.717, 1.165) is 24.1 Å². The second-order valence-corrected chi connectivity index (χ2v) is 6.87. The Morgan fingerprint density at radius 1 is 0.933 bits per heavy atom. The van der Waals surface area contributed by atoms with Gasteiger partial charge in [0.25, 0.3) is 11.8 Å². The molecule has 2 amide bonds. The summed E-state index contributed by atoms with van der Waals surface area (Å²) in [7, 11) is 1.77. The van der Waals surface area contributed by atoms with Gasteiger partial charge in [0.1, 0.15) is 11.5 Å². The number of aliphatic imine (C=N–C) groups is 1. The standard InChI is InChI=1S/C23H21N5O2/c1-28-21(26-22(29)17-7-3-2-4-8-17)15-20(27-28)16-10-12-18(13-11-16)25-23(30)19-9-5-6-14-24-19/h2-4,7-15H,5-6H2,1H3,(H,25,30)(H,26,29). The van der Waals surface area contributed by atoms with E-state index in [4.69, 9.17) is 0 Å². The summed E-state index contributed by atoms with van der Waals surface area (Å²) in [4.78, 5) is 28.7. The number of anilines is 2. The summed E-state index contributed by atoms with van der Waals surface area (Å²) in [6.45, 7) is 0. The van der Waals surface area contributed by atoms with Crippen LogP contribution in [0.5, 0.6) is 0 Å². The number of carbonyl (C=O) groups excluding carboxylic acids is 2. The zero-order valence-corrected chi connectivity index (χ0v) is 16.5. The number of hydrogen-bond acceptors (Lipinski definition) is 4. The van der Waals surface area contributed by atoms with Gasteiger partial charge < -0.3 is 10.6 Å². The van der Waals surface area contributed by atoms with Crippen LogP contribution >= 0.6 is 0 Å². The highest BCUT2D eigenvalue weighted by atomic mass is 16.2. The quantitative estimate of drug-likeness (QED) is 0.679. The number of benzene rings is 2. The number of aromatic nitrogens is 2. The summed E-state index contributed by atoms with van der Waals surface area (Å²) in [5.41, 5.74) is 3.29. The van der Waals surface area contributed by atoms with Gasteiger partial charge in [-0.3, -0.25) is 19.3 Å². The Morgan fingerprint density at radius 3 is 2.40 bits per heavy atom. The van der Waals surface area contributed by atoms with Gasteiger partial charge in [0.05, 0.1) is 5.69 Å². The van der Waals surface area contributed by atoms with Gasteiger partial charge in [0.2, 0.25) is 0 Å². The van der Waals surface area contributed by atoms with E-state index in [0.29, 0.717) is 22.8 Å². The molecule has 2 aromatic carbocycles. The zero-order valence-electron chi connectivity index (χ0n) is 16.5. The summed E-state index contributed by atoms with van der Waals surface area (Å²) in [5, 5.41) is 10.2. The van der Waals surface area contributed by atoms with Crippen molar-refractivity contribution in [1.29, 1.82) is 0 Å². The molecule has 4 rings (SSSR count). The van der Waals surface area contributed by atoms with Gasteiger partial charge in [0, 0.05) is 36.1 Å². The Balaban J connectivity index is 1.45. The minimum atomic E-state index is -0.220. The minimum Gasteiger partial charge on any atom is -0.321 e. The highest BCUT2D eigenvalue weighted by Gasteiger charge is 2.13. The zero-order chi connectivity index (χ0) is 20.9. The molecule has 2 heterocycles. The highest BCUT2D eigenvalue weighted by Crippen LogP contribution is 2.24. The van der Waals surface area contributed by atoms with E-state index >= 15 is 0 Å². The maximum Gasteiger partial charge on any atom is 0.273 e. The number of amides is 2. The van der Waals surface area contributed by atoms with Crippen molar-refractivity contribution in [1.82, 2.24) is 9.78 Å². The van der Waals surface area contributed by atoms with Gasteiger partial charge >= 0.3 is 0 Å². The second-order valence-electron chi connectivity index (χ2n) is 6.87. The summed E-state index contributed by atoms with van der Waals surface area (Å²) in [6.07, 6.45) is 5.29. The fourth-order valence-electron chi connectivity index (χ4n) is 3.08. The lowest BCUT2D eigenvalue weighted by molar-refractivity contribution is -0.112. The molecule has 2 N–H and O–H groups in total. The van der Waals surface area contributed by atoms with Crippen LogP contribution in [0.3, 0.4) is 0 Å². The summed E-state index contributed by atoms with van der Waals surface area (Å²) >= 11 is 0. The molecule has 0 unspecified atom stereocenters. The van der Waals surface area contributed by atoms with E-state index in [-0.39, 0.29) is 11.8 Å². The Hall–Kier alpha value is -4.00. The lowest BCUT2D eigenvalue weighted by atomic mass is 10.1. The van der Waals surface area contributed by atoms with Crippen LogP contribution in [0.15, 0.2) is 77.4 Å². The van der Waals surface area contributed by atoms with Gasteiger partial charge in [-0.2, -0.15) is 5.10 Å². The predicted molar refractivity (Wildman–Crippen MR) is 117 cm³/mol. The average Bonchev–Trinajstić information content (AvgIpc) is 3.15. The molecule has 3 aromatic rings. The summed E-state index contributed by atoms with van der Waals surface area (Å²) in [5.74, 6) is 0.184. The second kappa shape index (κ2) is 8.57. The number of allylic oxidation sites excluding steroid dienone is 1. The van der Waals surface area contributed by atoms with Crippen molar-refractivity contribution in [2.24, 2.45) is 12.0 Å². The highest BCUT2D eigenvalue weighted by molar-refractivity contribution is 6.05. The van der Waals surface area contributed by atoms with Crippen molar-refractivity contribution >= 4 is 29.5 Å². The number of aryl methyl sites for hydroxylation is 1. The SMILES string of the molecule is Cn1nc(-c2ccc(NC(=O)C3=CCCC=N3)cc2)cc1NC(=O)c1ccccc1. The van der Waals surface area contributed by atoms with Crippen LogP contribution < -0.4 is 10.6 Å². The van der Waals surface area contributed by atoms with E-state index in [1.54, 1.807) is 30.1 Å². The van der Waals surface area contributed by atoms with Crippen molar-refractivity contribution < 1.29 is 9.59 Å². The average molecular weight is 399 g/mol. The third-order valence-corrected chi connectivity index (χ3v) is 4.69. The minimum absolute atomic E-state index is 0.192. The van der Waals surface area contributed by atoms with Gasteiger partial charge in [-0.05, 0) is 37.1 Å². The van der Waals surface area contributed by atoms with Gasteiger partial charge in [-0.25, -0.2) is 0 Å². The molecule has 0 bridgehead atoms. The van der Waals surface area contributed by atoms with Crippen LogP contribution in [0.1, 0.15) is 23.2 Å². The maximum absolute atomic E-state index is 12.4. The molecule has 1 aliphatic rings. The van der Waals surface area contributed by atoms with Crippen molar-refractivity contribution in [3.05, 3.63) is 78.0 Å². The first kappa shape index (κ1) is 19.3. The monoisotopic (exact) mass is 399 g/mol. The molecule has 0 saturated heterocycles. The number of rotatable bonds is 5. The fourth-order valence-corrected chi connectivity index (χ4v) is 3.08. The topological polar surface area (TPSA) is 88.4 Å². The largest absolute Gasteiger partial charge is 0.321 e. The molecule has 0 fully saturated rings. The Bertz CT molecular complexity index is 1130. The Morgan fingerprint density at radius 2 is 1.70 bits per heavy atom. The normalized spacial score (nSPS) is 12.9. The molecule has 0 spiro atoms. The van der Waals surface area contributed by atoms with Crippen LogP contribution in [0.25, 0.3) is 11.3 Å². The molecule has 0 aliphatic carbocycles. The Kier molecular flexibility index (Phi) is 5.52. The molecule has 1 aromatic heterocycles. The van der Waals surface area contributed by atoms with Crippen molar-refractivity contribution in [2.45, 2.75) is 12.8 Å². The number of hydrogen-bond donors (Lipinski definition) is 2. The van der Waals surface area contributed by atoms with Crippen molar-refractivity contribution in [3.8, 4) is 11.3 Å². The molecule has 0 saturated carbocycles. The molecule has 150 valence electrons. The Labute approximate surface area is 174 Å². The smallest absolute Gasteiger partial charge is 0.273 e. The molecule has 0 atom stereocenters. The van der Waals surface area contributed by atoms with E-state index in [2.05, 4.69) is 20.7 Å². The predicted octanol–water partition coefficient (Wildman–Crippen LogP) is 4.03. The molecular weight excluding hydrogens is 378 g/mol. The molecule has 30 heavy (non-hydrogen) atoms. The van der Waals surface area contributed by atoms with Gasteiger partial charge in [-0.1, -0.05) is 36.4 Å². The van der Waals surface area contributed by atoms with Crippen LogP contribution in [-0.2, 0) is 11.8 Å². The number of nitrogens with one attached hydrogen (secondary N) is 2. The number of carbonyl (C=O) groups is 2. The first-order valence-electron chi connectivity index (χ1n) is 9.65. The molecule has 7 nitrogen and oxygen atoms in total. The molecule has 1 aliphatic heterocycles. The molecule has 0 radical (unpaired) electrons. The van der Waals surface area contributed by atoms with E-state index in [9.17, 15) is 9.59 Å². The maximum atomic E-state index is 12.4. The summed E-state index contributed by atoms with van der Waals surface area (Å²) in [6, 6.07) is 18.2. The lowest BCUT2D eigenvalue weighted by Gasteiger charge is -2.08. The summed E-state index contributed by atoms with van der Waals surface area (Å²) < 4.78 is 1.62. The van der Waals surface area contributed by atoms with E-state index in [1.165, 1.54) is 0 Å². The molecule has 7 heteroatoms. The fraction of sp³-hybridized carbons (Fsp3) is 0.130. The third-order valence-electron chi connectivity index (χ3n) is 4.69. The van der Waals surface area contributed by atoms with Crippen LogP contribution in [0, 0.1) is 0 Å². The van der Waals surface area contributed by atoms with Crippen LogP contribution in [0.4, 0.5) is 11.5 Å². The van der Waals surface area contributed by atoms with Crippen molar-refractivity contribution in [2.75, 3.05) is 10.6 Å². The van der Waals surface area contributed by atoms with E-state index in [1.807, 2.05) is 54.6 Å². The third kappa shape index (κ3) is 4.35. The van der Waals surface area contributed by atoms with Crippen LogP contribution in [0.2, 0.25) is 0 Å². The van der Waals surface area contributed by atoms with Crippen LogP contribution in [-0.4, -0.2) is 27.8 Å². The van der Waals surface area contributed by atoms with Crippen molar-refractivity contribution in [3.63, 3.8) is 0 Å². The van der Waals surface area contributed by atoms with Gasteiger partial charge in [-0.15, -0.1) is 0 Å². The first-order valence-corrected chi connectivity index (χ1v) is 9.65. The van der Waals surface area contributed by atoms with E-state index < -0.39 is 0 Å². The van der Waals surface area contributed by atoms with Gasteiger partial charge in [0.15, 0.2) is 0 Å².